The van der Waals surface area contributed by atoms with Crippen molar-refractivity contribution in [2.24, 2.45) is 5.92 Å². The lowest BCUT2D eigenvalue weighted by molar-refractivity contribution is -0.162. The Hall–Kier alpha value is -1.80. The topological polar surface area (TPSA) is 21.3 Å². The first-order valence-electron chi connectivity index (χ1n) is 9.09. The van der Waals surface area contributed by atoms with Crippen molar-refractivity contribution >= 4 is 0 Å². The number of allylic oxidation sites excluding steroid dienone is 3. The Morgan fingerprint density at radius 3 is 2.39 bits per heavy atom. The Morgan fingerprint density at radius 1 is 1.04 bits per heavy atom. The molecule has 0 bridgehead atoms. The van der Waals surface area contributed by atoms with Gasteiger partial charge in [-0.25, -0.2) is 0 Å². The summed E-state index contributed by atoms with van der Waals surface area (Å²) < 4.78 is 84.1. The molecule has 3 atom stereocenters. The Morgan fingerprint density at radius 2 is 1.75 bits per heavy atom. The number of nitrogens with one attached hydrogen (secondary N) is 1. The van der Waals surface area contributed by atoms with Crippen LogP contribution in [0.3, 0.4) is 0 Å². The largest absolute Gasteiger partial charge is 0.416 e. The van der Waals surface area contributed by atoms with Gasteiger partial charge in [0.25, 0.3) is 0 Å². The lowest BCUT2D eigenvalue weighted by Crippen LogP contribution is -2.39. The summed E-state index contributed by atoms with van der Waals surface area (Å²) >= 11 is 0. The van der Waals surface area contributed by atoms with Crippen LogP contribution < -0.4 is 5.32 Å². The fourth-order valence-electron chi connectivity index (χ4n) is 3.62. The lowest BCUT2D eigenvalue weighted by Gasteiger charge is -2.34. The summed E-state index contributed by atoms with van der Waals surface area (Å²) in [5.74, 6) is -2.15. The Bertz CT molecular complexity index is 722. The molecule has 1 aromatic rings. The zero-order chi connectivity index (χ0) is 20.4. The summed E-state index contributed by atoms with van der Waals surface area (Å²) in [5, 5.41) is 3.32. The van der Waals surface area contributed by atoms with E-state index in [-0.39, 0.29) is 30.4 Å². The van der Waals surface area contributed by atoms with Gasteiger partial charge in [-0.1, -0.05) is 36.4 Å². The molecule has 2 aliphatic rings. The third-order valence-electron chi connectivity index (χ3n) is 5.01. The molecule has 0 spiro atoms. The predicted octanol–water partition coefficient (Wildman–Crippen LogP) is 5.49. The second kappa shape index (κ2) is 8.29. The summed E-state index contributed by atoms with van der Waals surface area (Å²) in [6.07, 6.45) is -7.82. The van der Waals surface area contributed by atoms with Gasteiger partial charge >= 0.3 is 12.4 Å². The first-order chi connectivity index (χ1) is 13.1. The highest BCUT2D eigenvalue weighted by molar-refractivity contribution is 5.34. The highest BCUT2D eigenvalue weighted by Gasteiger charge is 2.44. The summed E-state index contributed by atoms with van der Waals surface area (Å²) in [6.45, 7) is 0.523. The Kier molecular flexibility index (Phi) is 6.19. The number of benzene rings is 1. The molecule has 3 rings (SSSR count). The van der Waals surface area contributed by atoms with Crippen LogP contribution in [0.4, 0.5) is 26.3 Å². The van der Waals surface area contributed by atoms with E-state index in [0.29, 0.717) is 6.42 Å². The molecule has 8 heteroatoms. The zero-order valence-corrected chi connectivity index (χ0v) is 15.0. The second-order valence-electron chi connectivity index (χ2n) is 7.11. The van der Waals surface area contributed by atoms with Crippen molar-refractivity contribution in [3.63, 3.8) is 0 Å². The quantitative estimate of drug-likeness (QED) is 0.669. The predicted molar refractivity (Wildman–Crippen MR) is 92.5 cm³/mol. The van der Waals surface area contributed by atoms with Crippen LogP contribution in [-0.4, -0.2) is 31.6 Å². The Labute approximate surface area is 159 Å². The third kappa shape index (κ3) is 5.17. The van der Waals surface area contributed by atoms with Gasteiger partial charge in [0.15, 0.2) is 0 Å². The number of hydrogen-bond donors (Lipinski definition) is 1. The first kappa shape index (κ1) is 20.9. The monoisotopic (exact) mass is 405 g/mol. The van der Waals surface area contributed by atoms with E-state index in [1.165, 1.54) is 0 Å². The molecule has 0 aromatic heterocycles. The van der Waals surface area contributed by atoms with E-state index in [4.69, 9.17) is 4.74 Å². The van der Waals surface area contributed by atoms with Crippen molar-refractivity contribution in [2.75, 3.05) is 13.2 Å². The molecule has 1 aliphatic heterocycles. The minimum Gasteiger partial charge on any atom is -0.372 e. The maximum atomic E-state index is 13.1. The van der Waals surface area contributed by atoms with E-state index in [2.05, 4.69) is 5.32 Å². The summed E-state index contributed by atoms with van der Waals surface area (Å²) in [6, 6.07) is 9.32. The van der Waals surface area contributed by atoms with Gasteiger partial charge < -0.3 is 10.1 Å². The molecule has 28 heavy (non-hydrogen) atoms. The molecular weight excluding hydrogens is 384 g/mol. The van der Waals surface area contributed by atoms with Crippen LogP contribution in [0.1, 0.15) is 30.9 Å². The Balaban J connectivity index is 1.73. The molecule has 154 valence electrons. The highest BCUT2D eigenvalue weighted by atomic mass is 19.4. The standard InChI is InChI=1S/C20H21F6NO/c21-19(22,23)15-9-13(10-16(11-15)20(24,25)26)12-28-17-7-4-8-27-18(17)14-5-2-1-3-6-14/h1-3,5-6,9,11,16-18,27H,4,7-8,10,12H2. The minimum absolute atomic E-state index is 0.00883. The van der Waals surface area contributed by atoms with E-state index >= 15 is 0 Å². The lowest BCUT2D eigenvalue weighted by atomic mass is 9.89. The van der Waals surface area contributed by atoms with Crippen LogP contribution in [-0.2, 0) is 4.74 Å². The first-order valence-corrected chi connectivity index (χ1v) is 9.09. The number of halogens is 6. The van der Waals surface area contributed by atoms with Gasteiger partial charge in [0.05, 0.1) is 30.2 Å². The summed E-state index contributed by atoms with van der Waals surface area (Å²) in [4.78, 5) is 0. The van der Waals surface area contributed by atoms with Crippen LogP contribution in [0.15, 0.2) is 53.6 Å². The van der Waals surface area contributed by atoms with Crippen molar-refractivity contribution in [1.29, 1.82) is 0 Å². The molecule has 3 unspecified atom stereocenters. The van der Waals surface area contributed by atoms with Crippen molar-refractivity contribution < 1.29 is 31.1 Å². The number of ether oxygens (including phenoxy) is 1. The van der Waals surface area contributed by atoms with Gasteiger partial charge in [-0.15, -0.1) is 0 Å². The fraction of sp³-hybridized carbons (Fsp3) is 0.500. The molecule has 2 nitrogen and oxygen atoms in total. The molecular formula is C20H21F6NO. The van der Waals surface area contributed by atoms with Gasteiger partial charge in [-0.05, 0) is 43.0 Å². The van der Waals surface area contributed by atoms with Gasteiger partial charge in [0.1, 0.15) is 0 Å². The van der Waals surface area contributed by atoms with Crippen LogP contribution in [0.2, 0.25) is 0 Å². The smallest absolute Gasteiger partial charge is 0.372 e. The van der Waals surface area contributed by atoms with E-state index < -0.39 is 30.3 Å². The van der Waals surface area contributed by atoms with Crippen LogP contribution in [0.25, 0.3) is 0 Å². The van der Waals surface area contributed by atoms with Crippen molar-refractivity contribution in [2.45, 2.75) is 43.8 Å². The van der Waals surface area contributed by atoms with Crippen molar-refractivity contribution in [1.82, 2.24) is 5.32 Å². The number of rotatable bonds is 4. The molecule has 1 saturated heterocycles. The number of alkyl halides is 6. The average Bonchev–Trinajstić information content (AvgIpc) is 2.66. The molecule has 0 saturated carbocycles. The minimum atomic E-state index is -4.83. The molecule has 0 radical (unpaired) electrons. The molecule has 1 aliphatic carbocycles. The fourth-order valence-corrected chi connectivity index (χ4v) is 3.62. The second-order valence-corrected chi connectivity index (χ2v) is 7.11. The maximum Gasteiger partial charge on any atom is 0.416 e. The van der Waals surface area contributed by atoms with Gasteiger partial charge in [0.2, 0.25) is 0 Å². The van der Waals surface area contributed by atoms with Crippen LogP contribution in [0.5, 0.6) is 0 Å². The summed E-state index contributed by atoms with van der Waals surface area (Å²) in [5.41, 5.74) is -0.274. The van der Waals surface area contributed by atoms with Crippen LogP contribution >= 0.6 is 0 Å². The maximum absolute atomic E-state index is 13.1. The van der Waals surface area contributed by atoms with E-state index in [1.807, 2.05) is 30.3 Å². The van der Waals surface area contributed by atoms with E-state index in [1.54, 1.807) is 0 Å². The average molecular weight is 405 g/mol. The highest BCUT2D eigenvalue weighted by Crippen LogP contribution is 2.40. The van der Waals surface area contributed by atoms with Crippen molar-refractivity contribution in [3.05, 3.63) is 59.2 Å². The number of hydrogen-bond acceptors (Lipinski definition) is 2. The normalized spacial score (nSPS) is 26.6. The molecule has 1 fully saturated rings. The van der Waals surface area contributed by atoms with Crippen LogP contribution in [0, 0.1) is 5.92 Å². The van der Waals surface area contributed by atoms with Gasteiger partial charge in [-0.2, -0.15) is 26.3 Å². The van der Waals surface area contributed by atoms with Crippen molar-refractivity contribution in [3.8, 4) is 0 Å². The van der Waals surface area contributed by atoms with Gasteiger partial charge in [-0.3, -0.25) is 0 Å². The number of piperidine rings is 1. The molecule has 0 amide bonds. The van der Waals surface area contributed by atoms with Gasteiger partial charge in [0, 0.05) is 0 Å². The third-order valence-corrected chi connectivity index (χ3v) is 5.01. The zero-order valence-electron chi connectivity index (χ0n) is 15.0. The SMILES string of the molecule is FC(F)(F)C1=CC(C(F)(F)F)CC(COC2CCCNC2c2ccccc2)=C1. The molecule has 1 heterocycles. The van der Waals surface area contributed by atoms with E-state index in [9.17, 15) is 26.3 Å². The van der Waals surface area contributed by atoms with E-state index in [0.717, 1.165) is 24.6 Å². The molecule has 1 aromatic carbocycles. The molecule has 1 N–H and O–H groups in total. The summed E-state index contributed by atoms with van der Waals surface area (Å²) in [7, 11) is 0.